The molecule has 13 heavy (non-hydrogen) atoms. The van der Waals surface area contributed by atoms with Gasteiger partial charge in [-0.1, -0.05) is 20.8 Å². The Morgan fingerprint density at radius 2 is 1.77 bits per heavy atom. The second-order valence-corrected chi connectivity index (χ2v) is 6.71. The summed E-state index contributed by atoms with van der Waals surface area (Å²) in [5, 5.41) is 0. The molecule has 0 unspecified atom stereocenters. The average molecular weight is 180 g/mol. The highest BCUT2D eigenvalue weighted by molar-refractivity contribution is 4.96. The van der Waals surface area contributed by atoms with Gasteiger partial charge in [-0.3, -0.25) is 0 Å². The summed E-state index contributed by atoms with van der Waals surface area (Å²) in [7, 11) is 0. The molecule has 2 aliphatic rings. The third-order valence-corrected chi connectivity index (χ3v) is 4.29. The van der Waals surface area contributed by atoms with Crippen molar-refractivity contribution in [1.82, 2.24) is 0 Å². The Morgan fingerprint density at radius 3 is 2.15 bits per heavy atom. The van der Waals surface area contributed by atoms with Crippen LogP contribution in [0.5, 0.6) is 0 Å². The highest BCUT2D eigenvalue weighted by atomic mass is 14.5. The number of hydrogen-bond donors (Lipinski definition) is 0. The molecule has 0 amide bonds. The Bertz CT molecular complexity index is 177. The summed E-state index contributed by atoms with van der Waals surface area (Å²) in [4.78, 5) is 0. The van der Waals surface area contributed by atoms with Gasteiger partial charge in [0.25, 0.3) is 0 Å². The quantitative estimate of drug-likeness (QED) is 0.591. The minimum Gasteiger partial charge on any atom is -0.0602 e. The number of rotatable bonds is 2. The topological polar surface area (TPSA) is 0 Å². The lowest BCUT2D eigenvalue weighted by atomic mass is 9.75. The summed E-state index contributed by atoms with van der Waals surface area (Å²) in [6.45, 7) is 7.14. The van der Waals surface area contributed by atoms with E-state index in [0.29, 0.717) is 5.41 Å². The van der Waals surface area contributed by atoms with Gasteiger partial charge in [-0.2, -0.15) is 0 Å². The Balaban J connectivity index is 1.87. The van der Waals surface area contributed by atoms with E-state index in [1.54, 1.807) is 32.1 Å². The number of hydrogen-bond acceptors (Lipinski definition) is 0. The lowest BCUT2D eigenvalue weighted by molar-refractivity contribution is 0.218. The van der Waals surface area contributed by atoms with E-state index in [2.05, 4.69) is 20.8 Å². The van der Waals surface area contributed by atoms with Gasteiger partial charge >= 0.3 is 0 Å². The van der Waals surface area contributed by atoms with Crippen molar-refractivity contribution in [2.75, 3.05) is 0 Å². The molecular weight excluding hydrogens is 156 g/mol. The van der Waals surface area contributed by atoms with E-state index in [9.17, 15) is 0 Å². The highest BCUT2D eigenvalue weighted by Gasteiger charge is 2.44. The van der Waals surface area contributed by atoms with Crippen molar-refractivity contribution >= 4 is 0 Å². The zero-order valence-corrected chi connectivity index (χ0v) is 9.53. The largest absolute Gasteiger partial charge is 0.0602 e. The molecule has 0 atom stereocenters. The lowest BCUT2D eigenvalue weighted by Gasteiger charge is -2.30. The molecule has 0 N–H and O–H groups in total. The molecule has 0 aromatic heterocycles. The fraction of sp³-hybridized carbons (Fsp3) is 1.00. The van der Waals surface area contributed by atoms with Gasteiger partial charge in [0, 0.05) is 0 Å². The molecule has 2 saturated carbocycles. The van der Waals surface area contributed by atoms with E-state index < -0.39 is 0 Å². The Labute approximate surface area is 83.1 Å². The molecule has 0 saturated heterocycles. The first-order valence-corrected chi connectivity index (χ1v) is 5.99. The predicted molar refractivity (Wildman–Crippen MR) is 57.7 cm³/mol. The monoisotopic (exact) mass is 180 g/mol. The van der Waals surface area contributed by atoms with E-state index in [1.807, 2.05) is 0 Å². The predicted octanol–water partition coefficient (Wildman–Crippen LogP) is 4.39. The average Bonchev–Trinajstić information content (AvgIpc) is 2.59. The fourth-order valence-corrected chi connectivity index (χ4v) is 3.30. The number of fused-ring (bicyclic) bond motifs is 2. The van der Waals surface area contributed by atoms with Crippen molar-refractivity contribution < 1.29 is 0 Å². The zero-order chi connectivity index (χ0) is 9.53. The van der Waals surface area contributed by atoms with Crippen molar-refractivity contribution in [3.8, 4) is 0 Å². The van der Waals surface area contributed by atoms with Gasteiger partial charge in [-0.05, 0) is 61.7 Å². The maximum atomic E-state index is 2.38. The van der Waals surface area contributed by atoms with E-state index in [4.69, 9.17) is 0 Å². The summed E-state index contributed by atoms with van der Waals surface area (Å²) in [6, 6.07) is 0. The molecule has 2 rings (SSSR count). The van der Waals surface area contributed by atoms with Crippen LogP contribution in [0.4, 0.5) is 0 Å². The van der Waals surface area contributed by atoms with Crippen LogP contribution in [0.2, 0.25) is 0 Å². The highest BCUT2D eigenvalue weighted by Crippen LogP contribution is 2.57. The first kappa shape index (κ1) is 9.55. The molecule has 0 aromatic carbocycles. The van der Waals surface area contributed by atoms with E-state index in [1.165, 1.54) is 12.8 Å². The Morgan fingerprint density at radius 1 is 1.15 bits per heavy atom. The molecule has 0 aliphatic heterocycles. The summed E-state index contributed by atoms with van der Waals surface area (Å²) >= 11 is 0. The maximum absolute atomic E-state index is 2.38. The van der Waals surface area contributed by atoms with Crippen LogP contribution in [0, 0.1) is 16.7 Å². The van der Waals surface area contributed by atoms with Gasteiger partial charge in [0.15, 0.2) is 0 Å². The van der Waals surface area contributed by atoms with Crippen molar-refractivity contribution in [1.29, 1.82) is 0 Å². The molecule has 0 spiro atoms. The maximum Gasteiger partial charge on any atom is -0.0294 e. The zero-order valence-electron chi connectivity index (χ0n) is 9.53. The van der Waals surface area contributed by atoms with Gasteiger partial charge in [-0.15, -0.1) is 0 Å². The Hall–Kier alpha value is 0. The summed E-state index contributed by atoms with van der Waals surface area (Å²) in [5.41, 5.74) is 1.37. The van der Waals surface area contributed by atoms with Crippen LogP contribution in [0.15, 0.2) is 0 Å². The molecule has 76 valence electrons. The van der Waals surface area contributed by atoms with Crippen molar-refractivity contribution in [3.05, 3.63) is 0 Å². The van der Waals surface area contributed by atoms with E-state index in [0.717, 1.165) is 11.3 Å². The van der Waals surface area contributed by atoms with Crippen molar-refractivity contribution in [2.45, 2.75) is 65.7 Å². The normalized spacial score (nSPS) is 38.5. The van der Waals surface area contributed by atoms with Crippen LogP contribution in [-0.2, 0) is 0 Å². The molecule has 0 heterocycles. The van der Waals surface area contributed by atoms with Crippen LogP contribution < -0.4 is 0 Å². The van der Waals surface area contributed by atoms with Gasteiger partial charge < -0.3 is 0 Å². The third kappa shape index (κ3) is 2.08. The van der Waals surface area contributed by atoms with Gasteiger partial charge in [-0.25, -0.2) is 0 Å². The summed E-state index contributed by atoms with van der Waals surface area (Å²) in [6.07, 6.45) is 10.7. The lowest BCUT2D eigenvalue weighted by Crippen LogP contribution is -2.17. The molecule has 2 aliphatic carbocycles. The second kappa shape index (κ2) is 3.00. The first-order chi connectivity index (χ1) is 5.99. The van der Waals surface area contributed by atoms with Crippen molar-refractivity contribution in [3.63, 3.8) is 0 Å². The molecule has 2 bridgehead atoms. The standard InChI is InChI=1S/C13H24/c1-12(2,3)8-9-13-6-4-11(10-13)5-7-13/h11H,4-10H2,1-3H3. The summed E-state index contributed by atoms with van der Waals surface area (Å²) < 4.78 is 0. The SMILES string of the molecule is CC(C)(C)CCC12CCC(CC1)C2. The smallest absolute Gasteiger partial charge is 0.0294 e. The Kier molecular flexibility index (Phi) is 2.20. The summed E-state index contributed by atoms with van der Waals surface area (Å²) in [5.74, 6) is 1.12. The molecule has 0 radical (unpaired) electrons. The first-order valence-electron chi connectivity index (χ1n) is 5.99. The molecule has 0 aromatic rings. The van der Waals surface area contributed by atoms with Gasteiger partial charge in [0.1, 0.15) is 0 Å². The molecule has 0 nitrogen and oxygen atoms in total. The van der Waals surface area contributed by atoms with Gasteiger partial charge in [0.05, 0.1) is 0 Å². The van der Waals surface area contributed by atoms with Crippen LogP contribution >= 0.6 is 0 Å². The fourth-order valence-electron chi connectivity index (χ4n) is 3.30. The van der Waals surface area contributed by atoms with Crippen LogP contribution in [0.25, 0.3) is 0 Å². The second-order valence-electron chi connectivity index (χ2n) is 6.71. The minimum atomic E-state index is 0.551. The molecular formula is C13H24. The molecule has 2 fully saturated rings. The van der Waals surface area contributed by atoms with Crippen LogP contribution in [-0.4, -0.2) is 0 Å². The van der Waals surface area contributed by atoms with E-state index in [-0.39, 0.29) is 0 Å². The third-order valence-electron chi connectivity index (χ3n) is 4.29. The van der Waals surface area contributed by atoms with Gasteiger partial charge in [0.2, 0.25) is 0 Å². The molecule has 0 heteroatoms. The van der Waals surface area contributed by atoms with Crippen molar-refractivity contribution in [2.24, 2.45) is 16.7 Å². The van der Waals surface area contributed by atoms with E-state index >= 15 is 0 Å². The minimum absolute atomic E-state index is 0.551. The van der Waals surface area contributed by atoms with Crippen LogP contribution in [0.3, 0.4) is 0 Å². The van der Waals surface area contributed by atoms with Crippen LogP contribution in [0.1, 0.15) is 65.7 Å².